The summed E-state index contributed by atoms with van der Waals surface area (Å²) in [5, 5.41) is 0. The van der Waals surface area contributed by atoms with Crippen LogP contribution in [0.5, 0.6) is 11.5 Å². The Labute approximate surface area is 88.0 Å². The molecule has 0 unspecified atom stereocenters. The Bertz CT molecular complexity index is 291. The fourth-order valence-electron chi connectivity index (χ4n) is 0.853. The highest BCUT2D eigenvalue weighted by molar-refractivity contribution is 14.1. The van der Waals surface area contributed by atoms with E-state index < -0.39 is 6.61 Å². The predicted octanol–water partition coefficient (Wildman–Crippen LogP) is 2.90. The number of alkyl halides is 2. The van der Waals surface area contributed by atoms with Crippen molar-refractivity contribution in [3.05, 3.63) is 21.8 Å². The molecule has 0 radical (unpaired) electrons. The van der Waals surface area contributed by atoms with Gasteiger partial charge in [0, 0.05) is 0 Å². The van der Waals surface area contributed by atoms with Gasteiger partial charge in [-0.15, -0.1) is 0 Å². The lowest BCUT2D eigenvalue weighted by Gasteiger charge is -2.10. The van der Waals surface area contributed by atoms with E-state index in [4.69, 9.17) is 4.74 Å². The molecule has 1 rings (SSSR count). The molecule has 5 heteroatoms. The van der Waals surface area contributed by atoms with Crippen molar-refractivity contribution in [1.29, 1.82) is 0 Å². The van der Waals surface area contributed by atoms with E-state index >= 15 is 0 Å². The maximum absolute atomic E-state index is 11.9. The van der Waals surface area contributed by atoms with E-state index in [0.717, 1.165) is 0 Å². The monoisotopic (exact) mass is 300 g/mol. The number of rotatable bonds is 3. The summed E-state index contributed by atoms with van der Waals surface area (Å²) in [6.07, 6.45) is 0. The summed E-state index contributed by atoms with van der Waals surface area (Å²) in [6.45, 7) is -2.83. The number of para-hydroxylation sites is 1. The number of halogens is 3. The summed E-state index contributed by atoms with van der Waals surface area (Å²) in [6, 6.07) is 4.94. The average Bonchev–Trinajstić information content (AvgIpc) is 2.08. The number of methoxy groups -OCH3 is 1. The van der Waals surface area contributed by atoms with Crippen LogP contribution < -0.4 is 9.47 Å². The third kappa shape index (κ3) is 2.68. The maximum Gasteiger partial charge on any atom is 0.387 e. The first-order valence-corrected chi connectivity index (χ1v) is 4.50. The van der Waals surface area contributed by atoms with E-state index in [0.29, 0.717) is 9.32 Å². The Kier molecular flexibility index (Phi) is 3.71. The molecule has 1 aromatic rings. The van der Waals surface area contributed by atoms with E-state index in [9.17, 15) is 8.78 Å². The minimum atomic E-state index is -2.83. The highest BCUT2D eigenvalue weighted by atomic mass is 127. The van der Waals surface area contributed by atoms with Gasteiger partial charge in [-0.05, 0) is 34.7 Å². The van der Waals surface area contributed by atoms with E-state index in [1.165, 1.54) is 7.11 Å². The van der Waals surface area contributed by atoms with Crippen molar-refractivity contribution in [1.82, 2.24) is 0 Å². The second kappa shape index (κ2) is 4.59. The van der Waals surface area contributed by atoms with Crippen LogP contribution in [0, 0.1) is 3.57 Å². The lowest BCUT2D eigenvalue weighted by molar-refractivity contribution is -0.0518. The molecule has 0 amide bonds. The van der Waals surface area contributed by atoms with Gasteiger partial charge in [-0.2, -0.15) is 8.78 Å². The summed E-state index contributed by atoms with van der Waals surface area (Å²) in [5.41, 5.74) is 0. The predicted molar refractivity (Wildman–Crippen MR) is 52.3 cm³/mol. The van der Waals surface area contributed by atoms with Crippen LogP contribution >= 0.6 is 22.6 Å². The van der Waals surface area contributed by atoms with Gasteiger partial charge in [0.25, 0.3) is 0 Å². The topological polar surface area (TPSA) is 18.5 Å². The normalized spacial score (nSPS) is 10.2. The van der Waals surface area contributed by atoms with Crippen molar-refractivity contribution in [2.24, 2.45) is 0 Å². The Morgan fingerprint density at radius 2 is 2.08 bits per heavy atom. The molecule has 0 aliphatic carbocycles. The first-order chi connectivity index (χ1) is 6.15. The third-order valence-corrected chi connectivity index (χ3v) is 2.21. The summed E-state index contributed by atoms with van der Waals surface area (Å²) >= 11 is 1.90. The molecule has 0 saturated heterocycles. The van der Waals surface area contributed by atoms with Crippen molar-refractivity contribution in [2.75, 3.05) is 7.11 Å². The Morgan fingerprint density at radius 1 is 1.38 bits per heavy atom. The summed E-state index contributed by atoms with van der Waals surface area (Å²) in [7, 11) is 1.41. The SMILES string of the molecule is COc1cccc(I)c1OC(F)F. The Morgan fingerprint density at radius 3 is 2.62 bits per heavy atom. The lowest BCUT2D eigenvalue weighted by atomic mass is 10.3. The quantitative estimate of drug-likeness (QED) is 0.799. The van der Waals surface area contributed by atoms with Crippen molar-refractivity contribution in [3.8, 4) is 11.5 Å². The van der Waals surface area contributed by atoms with Crippen LogP contribution in [-0.4, -0.2) is 13.7 Å². The summed E-state index contributed by atoms with van der Waals surface area (Å²) in [4.78, 5) is 0. The van der Waals surface area contributed by atoms with Gasteiger partial charge < -0.3 is 9.47 Å². The second-order valence-electron chi connectivity index (χ2n) is 2.15. The fourth-order valence-corrected chi connectivity index (χ4v) is 1.45. The molecule has 0 bridgehead atoms. The van der Waals surface area contributed by atoms with Crippen LogP contribution in [0.25, 0.3) is 0 Å². The molecule has 72 valence electrons. The molecule has 0 saturated carbocycles. The van der Waals surface area contributed by atoms with Crippen LogP contribution in [0.4, 0.5) is 8.78 Å². The zero-order valence-corrected chi connectivity index (χ0v) is 8.92. The van der Waals surface area contributed by atoms with Crippen LogP contribution in [0.2, 0.25) is 0 Å². The Hall–Kier alpha value is -0.590. The van der Waals surface area contributed by atoms with Gasteiger partial charge in [0.15, 0.2) is 11.5 Å². The smallest absolute Gasteiger partial charge is 0.387 e. The highest BCUT2D eigenvalue weighted by Gasteiger charge is 2.12. The number of benzene rings is 1. The van der Waals surface area contributed by atoms with E-state index in [2.05, 4.69) is 4.74 Å². The zero-order valence-electron chi connectivity index (χ0n) is 6.76. The Balaban J connectivity index is 3.00. The first-order valence-electron chi connectivity index (χ1n) is 3.42. The van der Waals surface area contributed by atoms with Crippen LogP contribution in [0.3, 0.4) is 0 Å². The van der Waals surface area contributed by atoms with Gasteiger partial charge >= 0.3 is 6.61 Å². The average molecular weight is 300 g/mol. The third-order valence-electron chi connectivity index (χ3n) is 1.36. The van der Waals surface area contributed by atoms with Gasteiger partial charge in [-0.3, -0.25) is 0 Å². The maximum atomic E-state index is 11.9. The molecule has 13 heavy (non-hydrogen) atoms. The fraction of sp³-hybridized carbons (Fsp3) is 0.250. The molecule has 1 aromatic carbocycles. The van der Waals surface area contributed by atoms with Crippen molar-refractivity contribution in [3.63, 3.8) is 0 Å². The molecular weight excluding hydrogens is 293 g/mol. The van der Waals surface area contributed by atoms with Crippen molar-refractivity contribution < 1.29 is 18.3 Å². The van der Waals surface area contributed by atoms with Gasteiger partial charge in [0.05, 0.1) is 10.7 Å². The number of hydrogen-bond acceptors (Lipinski definition) is 2. The number of hydrogen-bond donors (Lipinski definition) is 0. The molecular formula is C8H7F2IO2. The van der Waals surface area contributed by atoms with Crippen molar-refractivity contribution >= 4 is 22.6 Å². The summed E-state index contributed by atoms with van der Waals surface area (Å²) in [5.74, 6) is 0.396. The van der Waals surface area contributed by atoms with Gasteiger partial charge in [-0.25, -0.2) is 0 Å². The van der Waals surface area contributed by atoms with E-state index in [-0.39, 0.29) is 5.75 Å². The van der Waals surface area contributed by atoms with E-state index in [1.54, 1.807) is 18.2 Å². The van der Waals surface area contributed by atoms with Gasteiger partial charge in [0.2, 0.25) is 0 Å². The van der Waals surface area contributed by atoms with E-state index in [1.807, 2.05) is 22.6 Å². The molecule has 0 spiro atoms. The molecule has 0 aromatic heterocycles. The molecule has 0 atom stereocenters. The minimum absolute atomic E-state index is 0.0839. The highest BCUT2D eigenvalue weighted by Crippen LogP contribution is 2.32. The van der Waals surface area contributed by atoms with Crippen molar-refractivity contribution in [2.45, 2.75) is 6.61 Å². The summed E-state index contributed by atoms with van der Waals surface area (Å²) < 4.78 is 33.6. The molecule has 0 aliphatic rings. The number of ether oxygens (including phenoxy) is 2. The standard InChI is InChI=1S/C8H7F2IO2/c1-12-6-4-2-3-5(11)7(6)13-8(9)10/h2-4,8H,1H3. The minimum Gasteiger partial charge on any atom is -0.493 e. The molecule has 2 nitrogen and oxygen atoms in total. The van der Waals surface area contributed by atoms with Gasteiger partial charge in [0.1, 0.15) is 0 Å². The molecule has 0 fully saturated rings. The molecule has 0 heterocycles. The lowest BCUT2D eigenvalue weighted by Crippen LogP contribution is -2.04. The van der Waals surface area contributed by atoms with Gasteiger partial charge in [-0.1, -0.05) is 6.07 Å². The second-order valence-corrected chi connectivity index (χ2v) is 3.31. The van der Waals surface area contributed by atoms with Crippen LogP contribution in [0.15, 0.2) is 18.2 Å². The molecule has 0 aliphatic heterocycles. The van der Waals surface area contributed by atoms with Crippen LogP contribution in [-0.2, 0) is 0 Å². The van der Waals surface area contributed by atoms with Crippen LogP contribution in [0.1, 0.15) is 0 Å². The largest absolute Gasteiger partial charge is 0.493 e. The zero-order chi connectivity index (χ0) is 9.84. The first kappa shape index (κ1) is 10.5. The molecule has 0 N–H and O–H groups in total.